The molecule has 1 nitrogen and oxygen atoms in total. The molecule has 0 aliphatic carbocycles. The summed E-state index contributed by atoms with van der Waals surface area (Å²) in [6.45, 7) is 1.69. The zero-order valence-corrected chi connectivity index (χ0v) is 12.7. The fraction of sp³-hybridized carbons (Fsp3) is 0.200. The van der Waals surface area contributed by atoms with Gasteiger partial charge < -0.3 is 5.11 Å². The molecule has 0 aliphatic heterocycles. The van der Waals surface area contributed by atoms with Gasteiger partial charge in [-0.15, -0.1) is 0 Å². The van der Waals surface area contributed by atoms with E-state index in [0.717, 1.165) is 10.0 Å². The normalized spacial score (nSPS) is 14.2. The van der Waals surface area contributed by atoms with Gasteiger partial charge in [-0.25, -0.2) is 4.39 Å². The molecule has 2 aromatic carbocycles. The highest BCUT2D eigenvalue weighted by Gasteiger charge is 2.26. The maximum absolute atomic E-state index is 13.3. The molecule has 0 fully saturated rings. The van der Waals surface area contributed by atoms with Gasteiger partial charge in [0.2, 0.25) is 0 Å². The van der Waals surface area contributed by atoms with E-state index < -0.39 is 5.60 Å². The monoisotopic (exact) mass is 342 g/mol. The van der Waals surface area contributed by atoms with Gasteiger partial charge in [-0.3, -0.25) is 0 Å². The predicted octanol–water partition coefficient (Wildman–Crippen LogP) is 4.69. The highest BCUT2D eigenvalue weighted by atomic mass is 79.9. The van der Waals surface area contributed by atoms with E-state index in [0.29, 0.717) is 10.6 Å². The molecule has 2 aromatic rings. The van der Waals surface area contributed by atoms with E-state index in [1.54, 1.807) is 6.92 Å². The molecule has 0 saturated heterocycles. The zero-order chi connectivity index (χ0) is 14.0. The van der Waals surface area contributed by atoms with Crippen LogP contribution in [0.2, 0.25) is 5.02 Å². The lowest BCUT2D eigenvalue weighted by molar-refractivity contribution is 0.0568. The van der Waals surface area contributed by atoms with Gasteiger partial charge in [0.1, 0.15) is 5.82 Å². The van der Waals surface area contributed by atoms with E-state index in [9.17, 15) is 9.50 Å². The fourth-order valence-corrected chi connectivity index (χ4v) is 2.94. The summed E-state index contributed by atoms with van der Waals surface area (Å²) in [5.74, 6) is -0.359. The van der Waals surface area contributed by atoms with Gasteiger partial charge in [0.15, 0.2) is 0 Å². The second-order valence-electron chi connectivity index (χ2n) is 4.67. The van der Waals surface area contributed by atoms with Crippen LogP contribution in [0.3, 0.4) is 0 Å². The first kappa shape index (κ1) is 14.5. The minimum absolute atomic E-state index is 0.242. The molecule has 0 bridgehead atoms. The molecule has 1 atom stereocenters. The van der Waals surface area contributed by atoms with Crippen LogP contribution in [0.4, 0.5) is 4.39 Å². The lowest BCUT2D eigenvalue weighted by atomic mass is 9.89. The summed E-state index contributed by atoms with van der Waals surface area (Å²) < 4.78 is 14.1. The van der Waals surface area contributed by atoms with E-state index in [1.165, 1.54) is 18.2 Å². The largest absolute Gasteiger partial charge is 0.385 e. The first-order chi connectivity index (χ1) is 8.90. The molecule has 19 heavy (non-hydrogen) atoms. The molecular formula is C15H13BrClFO. The van der Waals surface area contributed by atoms with Crippen molar-refractivity contribution in [1.29, 1.82) is 0 Å². The Balaban J connectivity index is 2.36. The number of aliphatic hydroxyl groups is 1. The molecule has 1 N–H and O–H groups in total. The van der Waals surface area contributed by atoms with Gasteiger partial charge in [-0.1, -0.05) is 45.7 Å². The van der Waals surface area contributed by atoms with Crippen molar-refractivity contribution in [2.45, 2.75) is 18.9 Å². The molecule has 0 aliphatic rings. The van der Waals surface area contributed by atoms with E-state index in [-0.39, 0.29) is 12.2 Å². The predicted molar refractivity (Wildman–Crippen MR) is 78.8 cm³/mol. The third kappa shape index (κ3) is 3.35. The Kier molecular flexibility index (Phi) is 4.29. The van der Waals surface area contributed by atoms with Gasteiger partial charge in [0, 0.05) is 15.9 Å². The topological polar surface area (TPSA) is 20.2 Å². The van der Waals surface area contributed by atoms with Gasteiger partial charge >= 0.3 is 0 Å². The quantitative estimate of drug-likeness (QED) is 0.857. The van der Waals surface area contributed by atoms with Crippen molar-refractivity contribution in [2.75, 3.05) is 0 Å². The van der Waals surface area contributed by atoms with E-state index >= 15 is 0 Å². The Hall–Kier alpha value is -0.900. The van der Waals surface area contributed by atoms with Crippen molar-refractivity contribution < 1.29 is 9.50 Å². The summed E-state index contributed by atoms with van der Waals surface area (Å²) in [6, 6.07) is 11.6. The van der Waals surface area contributed by atoms with E-state index in [2.05, 4.69) is 15.9 Å². The summed E-state index contributed by atoms with van der Waals surface area (Å²) in [4.78, 5) is 0. The Morgan fingerprint density at radius 3 is 2.63 bits per heavy atom. The van der Waals surface area contributed by atoms with E-state index in [1.807, 2.05) is 24.3 Å². The molecular weight excluding hydrogens is 331 g/mol. The van der Waals surface area contributed by atoms with Crippen molar-refractivity contribution in [3.63, 3.8) is 0 Å². The van der Waals surface area contributed by atoms with Crippen LogP contribution in [-0.2, 0) is 12.0 Å². The fourth-order valence-electron chi connectivity index (χ4n) is 2.04. The van der Waals surface area contributed by atoms with E-state index in [4.69, 9.17) is 11.6 Å². The first-order valence-electron chi connectivity index (χ1n) is 5.81. The molecule has 2 rings (SSSR count). The van der Waals surface area contributed by atoms with Crippen LogP contribution >= 0.6 is 27.5 Å². The van der Waals surface area contributed by atoms with Crippen LogP contribution in [0.15, 0.2) is 46.9 Å². The Bertz CT molecular complexity index is 598. The van der Waals surface area contributed by atoms with Gasteiger partial charge in [0.05, 0.1) is 5.60 Å². The van der Waals surface area contributed by atoms with Crippen LogP contribution in [0.25, 0.3) is 0 Å². The van der Waals surface area contributed by atoms with Crippen molar-refractivity contribution in [1.82, 2.24) is 0 Å². The molecule has 0 heterocycles. The maximum Gasteiger partial charge on any atom is 0.123 e. The number of halogens is 3. The molecule has 0 spiro atoms. The second kappa shape index (κ2) is 5.61. The highest BCUT2D eigenvalue weighted by molar-refractivity contribution is 9.10. The van der Waals surface area contributed by atoms with Crippen molar-refractivity contribution in [3.05, 3.63) is 68.9 Å². The molecule has 4 heteroatoms. The molecule has 1 unspecified atom stereocenters. The maximum atomic E-state index is 13.3. The van der Waals surface area contributed by atoms with Crippen LogP contribution in [0.1, 0.15) is 18.1 Å². The molecule has 0 amide bonds. The summed E-state index contributed by atoms with van der Waals surface area (Å²) >= 11 is 9.45. The first-order valence-corrected chi connectivity index (χ1v) is 6.98. The Morgan fingerprint density at radius 2 is 1.95 bits per heavy atom. The number of hydrogen-bond acceptors (Lipinski definition) is 1. The zero-order valence-electron chi connectivity index (χ0n) is 10.3. The lowest BCUT2D eigenvalue weighted by Crippen LogP contribution is -2.25. The smallest absolute Gasteiger partial charge is 0.123 e. The summed E-state index contributed by atoms with van der Waals surface area (Å²) in [7, 11) is 0. The molecule has 0 saturated carbocycles. The van der Waals surface area contributed by atoms with Crippen LogP contribution in [0.5, 0.6) is 0 Å². The molecule has 0 aromatic heterocycles. The SMILES string of the molecule is CC(O)(Cc1cc(F)ccc1Cl)c1ccccc1Br. The van der Waals surface area contributed by atoms with Crippen LogP contribution < -0.4 is 0 Å². The lowest BCUT2D eigenvalue weighted by Gasteiger charge is -2.25. The van der Waals surface area contributed by atoms with Crippen molar-refractivity contribution in [2.24, 2.45) is 0 Å². The number of benzene rings is 2. The number of rotatable bonds is 3. The standard InChI is InChI=1S/C15H13BrClFO/c1-15(19,12-4-2-3-5-13(12)16)9-10-8-11(18)6-7-14(10)17/h2-8,19H,9H2,1H3. The minimum atomic E-state index is -1.13. The average molecular weight is 344 g/mol. The number of hydrogen-bond donors (Lipinski definition) is 1. The minimum Gasteiger partial charge on any atom is -0.385 e. The summed E-state index contributed by atoms with van der Waals surface area (Å²) in [5.41, 5.74) is 0.204. The van der Waals surface area contributed by atoms with Crippen LogP contribution in [-0.4, -0.2) is 5.11 Å². The third-order valence-electron chi connectivity index (χ3n) is 3.00. The second-order valence-corrected chi connectivity index (χ2v) is 5.93. The van der Waals surface area contributed by atoms with Crippen molar-refractivity contribution >= 4 is 27.5 Å². The summed E-state index contributed by atoms with van der Waals surface area (Å²) in [6.07, 6.45) is 0.242. The van der Waals surface area contributed by atoms with Gasteiger partial charge in [-0.05, 0) is 42.3 Å². The Morgan fingerprint density at radius 1 is 1.26 bits per heavy atom. The highest BCUT2D eigenvalue weighted by Crippen LogP contribution is 2.33. The molecule has 0 radical (unpaired) electrons. The Labute approximate surface area is 125 Å². The van der Waals surface area contributed by atoms with Crippen molar-refractivity contribution in [3.8, 4) is 0 Å². The molecule has 100 valence electrons. The third-order valence-corrected chi connectivity index (χ3v) is 4.06. The van der Waals surface area contributed by atoms with Gasteiger partial charge in [-0.2, -0.15) is 0 Å². The summed E-state index contributed by atoms with van der Waals surface area (Å²) in [5, 5.41) is 11.1. The van der Waals surface area contributed by atoms with Gasteiger partial charge in [0.25, 0.3) is 0 Å². The van der Waals surface area contributed by atoms with Crippen LogP contribution in [0, 0.1) is 5.82 Å². The average Bonchev–Trinajstić information content (AvgIpc) is 2.34.